The number of nitrogens with zero attached hydrogens (tertiary/aromatic N) is 1. The van der Waals surface area contributed by atoms with Crippen LogP contribution in [-0.4, -0.2) is 18.3 Å². The summed E-state index contributed by atoms with van der Waals surface area (Å²) < 4.78 is 19.2. The van der Waals surface area contributed by atoms with E-state index in [9.17, 15) is 5.21 Å². The summed E-state index contributed by atoms with van der Waals surface area (Å²) in [5, 5.41) is 11.8. The second kappa shape index (κ2) is 9.45. The van der Waals surface area contributed by atoms with Gasteiger partial charge in [-0.25, -0.2) is 0 Å². The summed E-state index contributed by atoms with van der Waals surface area (Å²) in [4.78, 5) is 0. The molecule has 0 N–H and O–H groups in total. The number of hydrogen-bond donors (Lipinski definition) is 0. The van der Waals surface area contributed by atoms with Crippen molar-refractivity contribution in [2.45, 2.75) is 52.4 Å². The van der Waals surface area contributed by atoms with Crippen LogP contribution in [0, 0.1) is 12.1 Å². The Morgan fingerprint density at radius 2 is 1.56 bits per heavy atom. The van der Waals surface area contributed by atoms with Crippen molar-refractivity contribution in [1.82, 2.24) is 0 Å². The van der Waals surface area contributed by atoms with E-state index >= 15 is 0 Å². The lowest BCUT2D eigenvalue weighted by molar-refractivity contribution is -0.605. The smallest absolute Gasteiger partial charge is 0.494 e. The van der Waals surface area contributed by atoms with E-state index in [0.717, 1.165) is 32.4 Å². The molecule has 5 nitrogen and oxygen atoms in total. The van der Waals surface area contributed by atoms with Gasteiger partial charge in [-0.1, -0.05) is 60.2 Å². The summed E-state index contributed by atoms with van der Waals surface area (Å²) >= 11 is 6.60. The van der Waals surface area contributed by atoms with Crippen molar-refractivity contribution in [1.29, 1.82) is 0 Å². The Bertz CT molecular complexity index is 1170. The van der Waals surface area contributed by atoms with Crippen molar-refractivity contribution in [2.75, 3.05) is 0 Å². The summed E-state index contributed by atoms with van der Waals surface area (Å²) in [5.41, 5.74) is 3.95. The molecule has 2 heterocycles. The number of aromatic nitrogens is 1. The van der Waals surface area contributed by atoms with Gasteiger partial charge in [0.2, 0.25) is 0 Å². The summed E-state index contributed by atoms with van der Waals surface area (Å²) in [5.74, 6) is 0.628. The van der Waals surface area contributed by atoms with E-state index in [0.29, 0.717) is 17.4 Å². The number of aryl methyl sites for hydroxylation is 1. The Hall–Kier alpha value is -2.80. The van der Waals surface area contributed by atoms with Gasteiger partial charge in [0.1, 0.15) is 12.4 Å². The van der Waals surface area contributed by atoms with Crippen LogP contribution in [0.4, 0.5) is 0 Å². The van der Waals surface area contributed by atoms with Crippen LogP contribution in [0.1, 0.15) is 49.9 Å². The molecular weight excluding hydrogens is 449 g/mol. The number of pyridine rings is 1. The first kappa shape index (κ1) is 24.3. The zero-order valence-corrected chi connectivity index (χ0v) is 20.9. The maximum absolute atomic E-state index is 11.2. The highest BCUT2D eigenvalue weighted by atomic mass is 35.5. The van der Waals surface area contributed by atoms with Gasteiger partial charge in [-0.3, -0.25) is 0 Å². The first-order chi connectivity index (χ1) is 16.1. The van der Waals surface area contributed by atoms with E-state index in [4.69, 9.17) is 25.6 Å². The predicted molar refractivity (Wildman–Crippen MR) is 137 cm³/mol. The van der Waals surface area contributed by atoms with Gasteiger partial charge in [0.05, 0.1) is 16.2 Å². The number of halogens is 1. The van der Waals surface area contributed by atoms with E-state index in [1.54, 1.807) is 12.1 Å². The van der Waals surface area contributed by atoms with Crippen LogP contribution in [0.3, 0.4) is 0 Å². The molecule has 0 aliphatic carbocycles. The van der Waals surface area contributed by atoms with E-state index in [-0.39, 0.29) is 11.2 Å². The minimum absolute atomic E-state index is 0.370. The normalized spacial score (nSPS) is 16.8. The van der Waals surface area contributed by atoms with Crippen molar-refractivity contribution < 1.29 is 18.8 Å². The first-order valence-electron chi connectivity index (χ1n) is 11.3. The fourth-order valence-electron chi connectivity index (χ4n) is 3.57. The van der Waals surface area contributed by atoms with Crippen LogP contribution in [0.2, 0.25) is 5.02 Å². The summed E-state index contributed by atoms with van der Waals surface area (Å²) in [7, 11) is -0.392. The third kappa shape index (κ3) is 5.14. The molecule has 1 aromatic heterocycles. The van der Waals surface area contributed by atoms with Gasteiger partial charge in [-0.2, -0.15) is 4.73 Å². The molecule has 0 spiro atoms. The molecule has 1 fully saturated rings. The van der Waals surface area contributed by atoms with Gasteiger partial charge < -0.3 is 19.3 Å². The molecule has 34 heavy (non-hydrogen) atoms. The van der Waals surface area contributed by atoms with Gasteiger partial charge in [-0.15, -0.1) is 0 Å². The quantitative estimate of drug-likeness (QED) is 0.273. The molecule has 0 atom stereocenters. The first-order valence-corrected chi connectivity index (χ1v) is 11.7. The Balaban J connectivity index is 1.48. The summed E-state index contributed by atoms with van der Waals surface area (Å²) in [6.07, 6.45) is 6.79. The van der Waals surface area contributed by atoms with E-state index in [1.165, 1.54) is 12.4 Å². The average Bonchev–Trinajstić information content (AvgIpc) is 3.02. The molecule has 1 aliphatic heterocycles. The minimum atomic E-state index is -0.392. The van der Waals surface area contributed by atoms with Crippen molar-refractivity contribution in [3.05, 3.63) is 93.4 Å². The van der Waals surface area contributed by atoms with Crippen LogP contribution < -0.4 is 14.9 Å². The van der Waals surface area contributed by atoms with Crippen molar-refractivity contribution in [3.63, 3.8) is 0 Å². The fraction of sp³-hybridized carbons (Fsp3) is 0.296. The molecule has 0 radical (unpaired) electrons. The van der Waals surface area contributed by atoms with E-state index in [1.807, 2.05) is 83.2 Å². The summed E-state index contributed by atoms with van der Waals surface area (Å²) in [6.45, 7) is 10.5. The lowest BCUT2D eigenvalue weighted by atomic mass is 9.79. The number of benzene rings is 2. The van der Waals surface area contributed by atoms with Crippen LogP contribution in [0.15, 0.2) is 60.9 Å². The van der Waals surface area contributed by atoms with E-state index < -0.39 is 7.12 Å². The largest absolute Gasteiger partial charge is 0.619 e. The van der Waals surface area contributed by atoms with Gasteiger partial charge in [0.25, 0.3) is 0 Å². The zero-order valence-electron chi connectivity index (χ0n) is 20.2. The number of hydrogen-bond acceptors (Lipinski definition) is 4. The van der Waals surface area contributed by atoms with Crippen LogP contribution in [0.25, 0.3) is 12.2 Å². The van der Waals surface area contributed by atoms with Gasteiger partial charge >= 0.3 is 7.12 Å². The zero-order chi connectivity index (χ0) is 24.5. The molecule has 1 aliphatic rings. The fourth-order valence-corrected chi connectivity index (χ4v) is 3.80. The Morgan fingerprint density at radius 1 is 0.941 bits per heavy atom. The SMILES string of the molecule is Cc1ccc(/C=C/c2cc[n+]([O-])cc2)c(OCc2ccc(B3OC(C)(C)C(C)(C)O3)cc2)c1Cl. The predicted octanol–water partition coefficient (Wildman–Crippen LogP) is 5.33. The third-order valence-corrected chi connectivity index (χ3v) is 6.96. The highest BCUT2D eigenvalue weighted by Gasteiger charge is 2.51. The van der Waals surface area contributed by atoms with Crippen LogP contribution in [-0.2, 0) is 15.9 Å². The minimum Gasteiger partial charge on any atom is -0.619 e. The lowest BCUT2D eigenvalue weighted by Crippen LogP contribution is -2.41. The monoisotopic (exact) mass is 477 g/mol. The van der Waals surface area contributed by atoms with Crippen LogP contribution >= 0.6 is 11.6 Å². The summed E-state index contributed by atoms with van der Waals surface area (Å²) in [6, 6.07) is 15.5. The Morgan fingerprint density at radius 3 is 2.18 bits per heavy atom. The molecule has 0 unspecified atom stereocenters. The second-order valence-corrected chi connectivity index (χ2v) is 9.94. The van der Waals surface area contributed by atoms with Crippen molar-refractivity contribution in [3.8, 4) is 5.75 Å². The molecule has 0 bridgehead atoms. The van der Waals surface area contributed by atoms with Crippen molar-refractivity contribution in [2.24, 2.45) is 0 Å². The lowest BCUT2D eigenvalue weighted by Gasteiger charge is -2.32. The average molecular weight is 478 g/mol. The number of ether oxygens (including phenoxy) is 1. The Kier molecular flexibility index (Phi) is 6.77. The molecule has 3 aromatic rings. The molecule has 0 amide bonds. The number of rotatable bonds is 6. The maximum atomic E-state index is 11.2. The molecule has 176 valence electrons. The van der Waals surface area contributed by atoms with Gasteiger partial charge in [-0.05, 0) is 56.8 Å². The molecule has 2 aromatic carbocycles. The molecular formula is C27H29BClNO4. The molecule has 1 saturated heterocycles. The maximum Gasteiger partial charge on any atom is 0.494 e. The molecule has 4 rings (SSSR count). The van der Waals surface area contributed by atoms with Crippen molar-refractivity contribution >= 4 is 36.3 Å². The third-order valence-electron chi connectivity index (χ3n) is 6.49. The Labute approximate surface area is 206 Å². The van der Waals surface area contributed by atoms with Crippen LogP contribution in [0.5, 0.6) is 5.75 Å². The standard InChI is InChI=1S/C27H29BClNO4/c1-19-6-10-22(11-7-20-14-16-30(31)17-15-20)25(24(19)29)32-18-21-8-12-23(13-9-21)28-33-26(2,3)27(4,5)34-28/h6-17H,18H2,1-5H3/b11-7+. The highest BCUT2D eigenvalue weighted by Crippen LogP contribution is 2.37. The highest BCUT2D eigenvalue weighted by molar-refractivity contribution is 6.62. The van der Waals surface area contributed by atoms with E-state index in [2.05, 4.69) is 0 Å². The van der Waals surface area contributed by atoms with Gasteiger partial charge in [0.15, 0.2) is 12.4 Å². The topological polar surface area (TPSA) is 54.6 Å². The van der Waals surface area contributed by atoms with Gasteiger partial charge in [0, 0.05) is 17.7 Å². The molecule has 0 saturated carbocycles. The second-order valence-electron chi connectivity index (χ2n) is 9.56. The molecule has 7 heteroatoms.